The van der Waals surface area contributed by atoms with Gasteiger partial charge in [0.2, 0.25) is 15.9 Å². The van der Waals surface area contributed by atoms with E-state index in [1.54, 1.807) is 38.1 Å². The largest absolute Gasteiger partial charge is 0.325 e. The maximum atomic E-state index is 12.6. The molecule has 0 aromatic heterocycles. The van der Waals surface area contributed by atoms with E-state index in [-0.39, 0.29) is 16.1 Å². The number of carbonyl (C=O) groups is 1. The third kappa shape index (κ3) is 5.73. The van der Waals surface area contributed by atoms with Gasteiger partial charge in [-0.1, -0.05) is 32.4 Å². The predicted molar refractivity (Wildman–Crippen MR) is 117 cm³/mol. The first-order valence-corrected chi connectivity index (χ1v) is 11.8. The third-order valence-corrected chi connectivity index (χ3v) is 7.91. The minimum atomic E-state index is -3.51. The summed E-state index contributed by atoms with van der Waals surface area (Å²) in [6.07, 6.45) is 0.660. The fraction of sp³-hybridized carbons (Fsp3) is 0.350. The Bertz CT molecular complexity index is 881. The number of anilines is 1. The highest BCUT2D eigenvalue weighted by atomic mass is 35.5. The normalized spacial score (nSPS) is 12.8. The number of benzene rings is 2. The Morgan fingerprint density at radius 1 is 1.04 bits per heavy atom. The maximum absolute atomic E-state index is 12.6. The van der Waals surface area contributed by atoms with Gasteiger partial charge in [0.25, 0.3) is 0 Å². The molecule has 0 aliphatic rings. The van der Waals surface area contributed by atoms with E-state index in [0.29, 0.717) is 30.2 Å². The van der Waals surface area contributed by atoms with Crippen molar-refractivity contribution in [3.63, 3.8) is 0 Å². The van der Waals surface area contributed by atoms with E-state index in [1.807, 2.05) is 19.1 Å². The molecule has 0 unspecified atom stereocenters. The highest BCUT2D eigenvalue weighted by Crippen LogP contribution is 2.28. The smallest absolute Gasteiger partial charge is 0.243 e. The monoisotopic (exact) mass is 440 g/mol. The fourth-order valence-electron chi connectivity index (χ4n) is 2.65. The average Bonchev–Trinajstić information content (AvgIpc) is 2.68. The van der Waals surface area contributed by atoms with Gasteiger partial charge in [-0.3, -0.25) is 4.79 Å². The van der Waals surface area contributed by atoms with Crippen LogP contribution in [-0.4, -0.2) is 37.0 Å². The van der Waals surface area contributed by atoms with Crippen LogP contribution in [0, 0.1) is 0 Å². The number of nitrogens with one attached hydrogen (secondary N) is 1. The summed E-state index contributed by atoms with van der Waals surface area (Å²) in [4.78, 5) is 13.8. The van der Waals surface area contributed by atoms with Gasteiger partial charge in [0.15, 0.2) is 0 Å². The Hall–Kier alpha value is -1.54. The van der Waals surface area contributed by atoms with Crippen molar-refractivity contribution >= 4 is 45.0 Å². The molecule has 0 bridgehead atoms. The standard InChI is InChI=1S/C20H25ClN2O3S2/c1-4-19(27-17-11-7-15(21)8-12-17)20(24)22-16-9-13-18(14-10-16)28(25,26)23(5-2)6-3/h7-14,19H,4-6H2,1-3H3,(H,22,24)/t19-/m0/s1. The van der Waals surface area contributed by atoms with Crippen molar-refractivity contribution in [3.8, 4) is 0 Å². The van der Waals surface area contributed by atoms with Gasteiger partial charge < -0.3 is 5.32 Å². The number of nitrogens with zero attached hydrogens (tertiary/aromatic N) is 1. The van der Waals surface area contributed by atoms with Crippen molar-refractivity contribution in [2.75, 3.05) is 18.4 Å². The Labute approximate surface area is 176 Å². The highest BCUT2D eigenvalue weighted by Gasteiger charge is 2.22. The second-order valence-electron chi connectivity index (χ2n) is 6.07. The third-order valence-electron chi connectivity index (χ3n) is 4.22. The second-order valence-corrected chi connectivity index (χ2v) is 9.72. The molecule has 0 heterocycles. The lowest BCUT2D eigenvalue weighted by Gasteiger charge is -2.19. The molecule has 28 heavy (non-hydrogen) atoms. The van der Waals surface area contributed by atoms with Gasteiger partial charge >= 0.3 is 0 Å². The molecule has 0 saturated carbocycles. The second kappa shape index (κ2) is 10.3. The Balaban J connectivity index is 2.07. The fourth-order valence-corrected chi connectivity index (χ4v) is 5.18. The van der Waals surface area contributed by atoms with Crippen LogP contribution in [-0.2, 0) is 14.8 Å². The summed E-state index contributed by atoms with van der Waals surface area (Å²) in [7, 11) is -3.51. The summed E-state index contributed by atoms with van der Waals surface area (Å²) < 4.78 is 26.5. The molecule has 0 radical (unpaired) electrons. The lowest BCUT2D eigenvalue weighted by molar-refractivity contribution is -0.115. The quantitative estimate of drug-likeness (QED) is 0.564. The molecule has 2 rings (SSSR count). The van der Waals surface area contributed by atoms with E-state index in [9.17, 15) is 13.2 Å². The van der Waals surface area contributed by atoms with Gasteiger partial charge in [-0.15, -0.1) is 11.8 Å². The zero-order valence-corrected chi connectivity index (χ0v) is 18.6. The van der Waals surface area contributed by atoms with Crippen LogP contribution in [0.2, 0.25) is 5.02 Å². The van der Waals surface area contributed by atoms with E-state index in [4.69, 9.17) is 11.6 Å². The molecule has 1 amide bonds. The van der Waals surface area contributed by atoms with Crippen molar-refractivity contribution < 1.29 is 13.2 Å². The number of hydrogen-bond donors (Lipinski definition) is 1. The molecule has 1 atom stereocenters. The molecule has 8 heteroatoms. The van der Waals surface area contributed by atoms with Crippen molar-refractivity contribution in [3.05, 3.63) is 53.6 Å². The van der Waals surface area contributed by atoms with Gasteiger partial charge in [0, 0.05) is 28.7 Å². The van der Waals surface area contributed by atoms with Crippen LogP contribution in [0.3, 0.4) is 0 Å². The van der Waals surface area contributed by atoms with Gasteiger partial charge in [-0.05, 0) is 55.0 Å². The summed E-state index contributed by atoms with van der Waals surface area (Å²) in [5.41, 5.74) is 0.568. The molecule has 5 nitrogen and oxygen atoms in total. The number of halogens is 1. The summed E-state index contributed by atoms with van der Waals surface area (Å²) in [5, 5.41) is 3.26. The van der Waals surface area contributed by atoms with Crippen molar-refractivity contribution in [1.29, 1.82) is 0 Å². The number of rotatable bonds is 9. The summed E-state index contributed by atoms with van der Waals surface area (Å²) in [5.74, 6) is -0.123. The average molecular weight is 441 g/mol. The Morgan fingerprint density at radius 3 is 2.11 bits per heavy atom. The topological polar surface area (TPSA) is 66.5 Å². The van der Waals surface area contributed by atoms with Crippen LogP contribution in [0.5, 0.6) is 0 Å². The molecule has 0 fully saturated rings. The number of hydrogen-bond acceptors (Lipinski definition) is 4. The Morgan fingerprint density at radius 2 is 1.61 bits per heavy atom. The van der Waals surface area contributed by atoms with Gasteiger partial charge in [0.1, 0.15) is 0 Å². The zero-order chi connectivity index (χ0) is 20.7. The molecule has 0 aliphatic carbocycles. The van der Waals surface area contributed by atoms with Crippen LogP contribution in [0.25, 0.3) is 0 Å². The van der Waals surface area contributed by atoms with Gasteiger partial charge in [-0.2, -0.15) is 4.31 Å². The van der Waals surface area contributed by atoms with Crippen LogP contribution in [0.4, 0.5) is 5.69 Å². The molecule has 2 aromatic rings. The lowest BCUT2D eigenvalue weighted by atomic mass is 10.3. The Kier molecular flexibility index (Phi) is 8.37. The molecule has 0 saturated heterocycles. The van der Waals surface area contributed by atoms with Crippen LogP contribution < -0.4 is 5.32 Å². The lowest BCUT2D eigenvalue weighted by Crippen LogP contribution is -2.30. The molecule has 0 aliphatic heterocycles. The number of thioether (sulfide) groups is 1. The zero-order valence-electron chi connectivity index (χ0n) is 16.2. The van der Waals surface area contributed by atoms with Crippen molar-refractivity contribution in [1.82, 2.24) is 4.31 Å². The highest BCUT2D eigenvalue weighted by molar-refractivity contribution is 8.00. The van der Waals surface area contributed by atoms with Gasteiger partial charge in [0.05, 0.1) is 10.1 Å². The van der Waals surface area contributed by atoms with Crippen LogP contribution in [0.1, 0.15) is 27.2 Å². The maximum Gasteiger partial charge on any atom is 0.243 e. The first kappa shape index (κ1) is 22.7. The minimum absolute atomic E-state index is 0.123. The SMILES string of the molecule is CC[C@H](Sc1ccc(Cl)cc1)C(=O)Nc1ccc(S(=O)(=O)N(CC)CC)cc1. The predicted octanol–water partition coefficient (Wildman–Crippen LogP) is 4.88. The van der Waals surface area contributed by atoms with Gasteiger partial charge in [-0.25, -0.2) is 8.42 Å². The van der Waals surface area contributed by atoms with E-state index < -0.39 is 10.0 Å². The molecular formula is C20H25ClN2O3S2. The number of carbonyl (C=O) groups excluding carboxylic acids is 1. The molecule has 152 valence electrons. The van der Waals surface area contributed by atoms with Crippen LogP contribution in [0.15, 0.2) is 58.3 Å². The van der Waals surface area contributed by atoms with Crippen LogP contribution >= 0.6 is 23.4 Å². The summed E-state index contributed by atoms with van der Waals surface area (Å²) in [6.45, 7) is 6.39. The molecule has 1 N–H and O–H groups in total. The number of amides is 1. The van der Waals surface area contributed by atoms with E-state index >= 15 is 0 Å². The molecule has 0 spiro atoms. The van der Waals surface area contributed by atoms with E-state index in [2.05, 4.69) is 5.32 Å². The first-order chi connectivity index (χ1) is 13.3. The minimum Gasteiger partial charge on any atom is -0.325 e. The van der Waals surface area contributed by atoms with Crippen molar-refractivity contribution in [2.45, 2.75) is 42.2 Å². The van der Waals surface area contributed by atoms with E-state index in [1.165, 1.54) is 28.2 Å². The molecule has 2 aromatic carbocycles. The van der Waals surface area contributed by atoms with Crippen molar-refractivity contribution in [2.24, 2.45) is 0 Å². The first-order valence-electron chi connectivity index (χ1n) is 9.15. The summed E-state index contributed by atoms with van der Waals surface area (Å²) in [6, 6.07) is 13.6. The number of sulfonamides is 1. The van der Waals surface area contributed by atoms with E-state index in [0.717, 1.165) is 4.90 Å². The molecular weight excluding hydrogens is 416 g/mol. The summed E-state index contributed by atoms with van der Waals surface area (Å²) >= 11 is 7.37.